The smallest absolute Gasteiger partial charge is 0.412 e. The number of hydrogen-bond donors (Lipinski definition) is 3. The number of aliphatic carboxylic acids is 1. The van der Waals surface area contributed by atoms with E-state index in [1.807, 2.05) is 35.2 Å². The fourth-order valence-corrected chi connectivity index (χ4v) is 5.40. The van der Waals surface area contributed by atoms with Crippen LogP contribution < -0.4 is 15.5 Å². The topological polar surface area (TPSA) is 165 Å². The van der Waals surface area contributed by atoms with Crippen LogP contribution in [0.5, 0.6) is 0 Å². The monoisotopic (exact) mass is 646 g/mol. The number of aromatic nitrogens is 1. The van der Waals surface area contributed by atoms with Crippen molar-refractivity contribution in [3.05, 3.63) is 125 Å². The van der Waals surface area contributed by atoms with E-state index in [0.717, 1.165) is 5.56 Å². The quantitative estimate of drug-likeness (QED) is 0.215. The van der Waals surface area contributed by atoms with Crippen LogP contribution in [0.4, 0.5) is 16.2 Å². The van der Waals surface area contributed by atoms with Gasteiger partial charge in [0, 0.05) is 49.7 Å². The summed E-state index contributed by atoms with van der Waals surface area (Å²) in [5.41, 5.74) is 3.46. The van der Waals surface area contributed by atoms with Gasteiger partial charge >= 0.3 is 12.1 Å². The van der Waals surface area contributed by atoms with E-state index >= 15 is 0 Å². The number of nitrogens with zero attached hydrogens (tertiary/aromatic N) is 4. The zero-order valence-electron chi connectivity index (χ0n) is 26.0. The van der Waals surface area contributed by atoms with Crippen LogP contribution in [-0.2, 0) is 16.1 Å². The SMILES string of the molecule is N#Cc1ccc(C(=O)N2CCCN(c3ccc(C(=O)NC(CC(=O)O)c4cccnc4)cc3NC(=O)OCc3ccccc3)CC2)cc1. The van der Waals surface area contributed by atoms with Crippen molar-refractivity contribution in [3.8, 4) is 6.07 Å². The molecule has 0 saturated carbocycles. The molecule has 48 heavy (non-hydrogen) atoms. The molecule has 3 N–H and O–H groups in total. The highest BCUT2D eigenvalue weighted by Gasteiger charge is 2.24. The first kappa shape index (κ1) is 33.2. The summed E-state index contributed by atoms with van der Waals surface area (Å²) in [7, 11) is 0. The van der Waals surface area contributed by atoms with Crippen LogP contribution in [-0.4, -0.2) is 65.0 Å². The minimum Gasteiger partial charge on any atom is -0.481 e. The molecule has 0 bridgehead atoms. The van der Waals surface area contributed by atoms with Gasteiger partial charge in [-0.3, -0.25) is 24.7 Å². The summed E-state index contributed by atoms with van der Waals surface area (Å²) in [6.45, 7) is 1.97. The standard InChI is InChI=1S/C36H34N6O6/c37-22-25-9-11-27(12-10-25)35(46)42-17-5-16-41(18-19-42)32-14-13-28(20-31(32)40-36(47)48-24-26-6-2-1-3-7-26)34(45)39-30(21-33(43)44)29-8-4-15-38-23-29/h1-4,6-15,20,23,30H,5,16-19,21,24H2,(H,39,45)(H,40,47)(H,43,44). The number of ether oxygens (including phenoxy) is 1. The second-order valence-corrected chi connectivity index (χ2v) is 11.2. The molecule has 1 fully saturated rings. The summed E-state index contributed by atoms with van der Waals surface area (Å²) in [6.07, 6.45) is 2.63. The highest BCUT2D eigenvalue weighted by molar-refractivity contribution is 5.99. The second kappa shape index (κ2) is 15.9. The average Bonchev–Trinajstić information content (AvgIpc) is 3.37. The number of carbonyl (C=O) groups excluding carboxylic acids is 3. The number of carbonyl (C=O) groups is 4. The van der Waals surface area contributed by atoms with Crippen molar-refractivity contribution in [2.75, 3.05) is 36.4 Å². The number of anilines is 2. The fourth-order valence-electron chi connectivity index (χ4n) is 5.40. The van der Waals surface area contributed by atoms with Crippen LogP contribution in [0, 0.1) is 11.3 Å². The van der Waals surface area contributed by atoms with E-state index < -0.39 is 24.0 Å². The van der Waals surface area contributed by atoms with Gasteiger partial charge in [-0.15, -0.1) is 0 Å². The third-order valence-corrected chi connectivity index (χ3v) is 7.86. The molecule has 3 aromatic carbocycles. The Hall–Kier alpha value is -6.22. The summed E-state index contributed by atoms with van der Waals surface area (Å²) in [6, 6.07) is 25.2. The van der Waals surface area contributed by atoms with Crippen molar-refractivity contribution in [3.63, 3.8) is 0 Å². The third-order valence-electron chi connectivity index (χ3n) is 7.86. The van der Waals surface area contributed by atoms with Gasteiger partial charge < -0.3 is 25.0 Å². The normalized spacial score (nSPS) is 13.4. The van der Waals surface area contributed by atoms with Crippen molar-refractivity contribution < 1.29 is 29.0 Å². The molecule has 5 rings (SSSR count). The number of amides is 3. The Morgan fingerprint density at radius 3 is 2.40 bits per heavy atom. The van der Waals surface area contributed by atoms with E-state index in [9.17, 15) is 24.3 Å². The summed E-state index contributed by atoms with van der Waals surface area (Å²) < 4.78 is 5.47. The Kier molecular flexibility index (Phi) is 11.0. The molecule has 4 aromatic rings. The van der Waals surface area contributed by atoms with E-state index in [1.54, 1.807) is 59.6 Å². The molecular formula is C36H34N6O6. The van der Waals surface area contributed by atoms with E-state index in [-0.39, 0.29) is 24.5 Å². The Morgan fingerprint density at radius 1 is 0.917 bits per heavy atom. The zero-order chi connectivity index (χ0) is 33.9. The maximum absolute atomic E-state index is 13.5. The van der Waals surface area contributed by atoms with E-state index in [1.165, 1.54) is 12.3 Å². The van der Waals surface area contributed by atoms with Gasteiger partial charge in [0.2, 0.25) is 0 Å². The molecule has 1 aromatic heterocycles. The van der Waals surface area contributed by atoms with Crippen LogP contribution in [0.3, 0.4) is 0 Å². The van der Waals surface area contributed by atoms with E-state index in [0.29, 0.717) is 60.7 Å². The minimum absolute atomic E-state index is 0.0420. The number of hydrogen-bond acceptors (Lipinski definition) is 8. The van der Waals surface area contributed by atoms with E-state index in [4.69, 9.17) is 10.00 Å². The molecule has 1 aliphatic rings. The number of carboxylic acids is 1. The first-order valence-electron chi connectivity index (χ1n) is 15.4. The molecule has 244 valence electrons. The molecule has 0 spiro atoms. The predicted octanol–water partition coefficient (Wildman–Crippen LogP) is 5.00. The summed E-state index contributed by atoms with van der Waals surface area (Å²) >= 11 is 0. The molecule has 0 radical (unpaired) electrons. The maximum Gasteiger partial charge on any atom is 0.412 e. The number of nitrogens with one attached hydrogen (secondary N) is 2. The van der Waals surface area contributed by atoms with Crippen LogP contribution >= 0.6 is 0 Å². The maximum atomic E-state index is 13.5. The first-order valence-corrected chi connectivity index (χ1v) is 15.4. The van der Waals surface area contributed by atoms with Gasteiger partial charge in [-0.2, -0.15) is 5.26 Å². The lowest BCUT2D eigenvalue weighted by atomic mass is 10.0. The summed E-state index contributed by atoms with van der Waals surface area (Å²) in [5, 5.41) is 24.1. The predicted molar refractivity (Wildman–Crippen MR) is 177 cm³/mol. The van der Waals surface area contributed by atoms with Crippen molar-refractivity contribution >= 4 is 35.3 Å². The Morgan fingerprint density at radius 2 is 1.69 bits per heavy atom. The van der Waals surface area contributed by atoms with Gasteiger partial charge in [0.1, 0.15) is 6.61 Å². The highest BCUT2D eigenvalue weighted by atomic mass is 16.5. The fraction of sp³-hybridized carbons (Fsp3) is 0.222. The Bertz CT molecular complexity index is 1790. The van der Waals surface area contributed by atoms with Crippen molar-refractivity contribution in [2.24, 2.45) is 0 Å². The average molecular weight is 647 g/mol. The number of nitriles is 1. The lowest BCUT2D eigenvalue weighted by Crippen LogP contribution is -2.35. The summed E-state index contributed by atoms with van der Waals surface area (Å²) in [5.74, 6) is -1.76. The number of rotatable bonds is 10. The van der Waals surface area contributed by atoms with Gasteiger partial charge in [-0.25, -0.2) is 4.79 Å². The van der Waals surface area contributed by atoms with Gasteiger partial charge in [0.05, 0.1) is 35.5 Å². The second-order valence-electron chi connectivity index (χ2n) is 11.2. The van der Waals surface area contributed by atoms with Crippen molar-refractivity contribution in [1.29, 1.82) is 5.26 Å². The molecule has 2 heterocycles. The Balaban J connectivity index is 1.36. The molecule has 1 saturated heterocycles. The molecular weight excluding hydrogens is 612 g/mol. The molecule has 12 heteroatoms. The molecule has 0 aliphatic carbocycles. The molecule has 3 amide bonds. The molecule has 1 aliphatic heterocycles. The van der Waals surface area contributed by atoms with Gasteiger partial charge in [-0.05, 0) is 66.1 Å². The van der Waals surface area contributed by atoms with Gasteiger partial charge in [0.15, 0.2) is 0 Å². The molecule has 1 atom stereocenters. The molecule has 1 unspecified atom stereocenters. The van der Waals surface area contributed by atoms with Gasteiger partial charge in [0.25, 0.3) is 11.8 Å². The van der Waals surface area contributed by atoms with Crippen LogP contribution in [0.15, 0.2) is 97.3 Å². The van der Waals surface area contributed by atoms with Crippen molar-refractivity contribution in [2.45, 2.75) is 25.5 Å². The van der Waals surface area contributed by atoms with Gasteiger partial charge in [-0.1, -0.05) is 36.4 Å². The summed E-state index contributed by atoms with van der Waals surface area (Å²) in [4.78, 5) is 59.1. The largest absolute Gasteiger partial charge is 0.481 e. The first-order chi connectivity index (χ1) is 23.3. The number of pyridine rings is 1. The highest BCUT2D eigenvalue weighted by Crippen LogP contribution is 2.30. The number of carboxylic acid groups (broad SMARTS) is 1. The van der Waals surface area contributed by atoms with Crippen LogP contribution in [0.25, 0.3) is 0 Å². The third kappa shape index (κ3) is 8.73. The zero-order valence-corrected chi connectivity index (χ0v) is 26.0. The lowest BCUT2D eigenvalue weighted by molar-refractivity contribution is -0.137. The minimum atomic E-state index is -1.09. The van der Waals surface area contributed by atoms with Crippen LogP contribution in [0.1, 0.15) is 56.3 Å². The van der Waals surface area contributed by atoms with Crippen molar-refractivity contribution in [1.82, 2.24) is 15.2 Å². The Labute approximate surface area is 277 Å². The lowest BCUT2D eigenvalue weighted by Gasteiger charge is -2.26. The van der Waals surface area contributed by atoms with E-state index in [2.05, 4.69) is 21.7 Å². The van der Waals surface area contributed by atoms with Crippen LogP contribution in [0.2, 0.25) is 0 Å². The number of benzene rings is 3. The molecule has 12 nitrogen and oxygen atoms in total.